The molecule has 0 radical (unpaired) electrons. The standard InChI is InChI=1S/C54H38N2/c1-4-14-39(15-5-1)41-24-31-46(32-25-41)55(47-33-26-42(27-34-47)40-16-6-2-7-17-40)48-35-28-43(29-36-48)44-30-37-52-50-21-11-10-20-49(50)51-22-12-13-23-53(51)56(54(52)38-44)45-18-8-3-9-19-45/h1-38H. The second kappa shape index (κ2) is 14.4. The van der Waals surface area contributed by atoms with Crippen LogP contribution in [0.5, 0.6) is 0 Å². The molecule has 264 valence electrons. The number of hydrogen-bond acceptors (Lipinski definition) is 2. The Labute approximate surface area is 328 Å². The molecule has 0 N–H and O–H groups in total. The van der Waals surface area contributed by atoms with E-state index in [1.165, 1.54) is 55.8 Å². The summed E-state index contributed by atoms with van der Waals surface area (Å²) in [5.41, 5.74) is 18.8. The molecule has 1 aliphatic rings. The van der Waals surface area contributed by atoms with E-state index >= 15 is 0 Å². The average molecular weight is 715 g/mol. The summed E-state index contributed by atoms with van der Waals surface area (Å²) in [6, 6.07) is 83.1. The highest BCUT2D eigenvalue weighted by Gasteiger charge is 2.26. The molecule has 0 unspecified atom stereocenters. The molecule has 2 heteroatoms. The summed E-state index contributed by atoms with van der Waals surface area (Å²) in [7, 11) is 0. The maximum Gasteiger partial charge on any atom is 0.0546 e. The minimum atomic E-state index is 1.09. The van der Waals surface area contributed by atoms with Gasteiger partial charge in [-0.1, -0.05) is 170 Å². The lowest BCUT2D eigenvalue weighted by Gasteiger charge is -2.28. The molecule has 9 aromatic carbocycles. The molecule has 0 aliphatic carbocycles. The summed E-state index contributed by atoms with van der Waals surface area (Å²) in [6.07, 6.45) is 0. The van der Waals surface area contributed by atoms with Gasteiger partial charge in [0.05, 0.1) is 11.4 Å². The van der Waals surface area contributed by atoms with Gasteiger partial charge in [0.15, 0.2) is 0 Å². The van der Waals surface area contributed by atoms with Crippen LogP contribution < -0.4 is 9.80 Å². The van der Waals surface area contributed by atoms with Crippen molar-refractivity contribution < 1.29 is 0 Å². The zero-order valence-corrected chi connectivity index (χ0v) is 30.8. The van der Waals surface area contributed by atoms with Crippen molar-refractivity contribution in [3.8, 4) is 55.6 Å². The van der Waals surface area contributed by atoms with Gasteiger partial charge in [-0.05, 0) is 105 Å². The van der Waals surface area contributed by atoms with Gasteiger partial charge >= 0.3 is 0 Å². The summed E-state index contributed by atoms with van der Waals surface area (Å²) >= 11 is 0. The van der Waals surface area contributed by atoms with E-state index in [0.29, 0.717) is 0 Å². The summed E-state index contributed by atoms with van der Waals surface area (Å²) in [6.45, 7) is 0. The first-order valence-corrected chi connectivity index (χ1v) is 19.2. The molecule has 1 heterocycles. The minimum absolute atomic E-state index is 1.09. The van der Waals surface area contributed by atoms with E-state index in [2.05, 4.69) is 240 Å². The van der Waals surface area contributed by atoms with Crippen molar-refractivity contribution in [3.63, 3.8) is 0 Å². The Morgan fingerprint density at radius 2 is 0.607 bits per heavy atom. The Bertz CT molecular complexity index is 2670. The number of hydrogen-bond donors (Lipinski definition) is 0. The number of fused-ring (bicyclic) bond motifs is 5. The molecule has 10 rings (SSSR count). The molecular formula is C54H38N2. The quantitative estimate of drug-likeness (QED) is 0.162. The third kappa shape index (κ3) is 6.14. The first kappa shape index (κ1) is 33.2. The topological polar surface area (TPSA) is 6.48 Å². The third-order valence-electron chi connectivity index (χ3n) is 10.8. The van der Waals surface area contributed by atoms with E-state index in [9.17, 15) is 0 Å². The highest BCUT2D eigenvalue weighted by atomic mass is 15.2. The smallest absolute Gasteiger partial charge is 0.0546 e. The van der Waals surface area contributed by atoms with Gasteiger partial charge in [-0.2, -0.15) is 0 Å². The summed E-state index contributed by atoms with van der Waals surface area (Å²) < 4.78 is 0. The van der Waals surface area contributed by atoms with E-state index in [-0.39, 0.29) is 0 Å². The number of rotatable bonds is 7. The predicted molar refractivity (Wildman–Crippen MR) is 237 cm³/mol. The average Bonchev–Trinajstić information content (AvgIpc) is 3.40. The lowest BCUT2D eigenvalue weighted by atomic mass is 9.93. The number of benzene rings is 9. The zero-order valence-electron chi connectivity index (χ0n) is 30.8. The lowest BCUT2D eigenvalue weighted by Crippen LogP contribution is -2.11. The monoisotopic (exact) mass is 714 g/mol. The molecule has 56 heavy (non-hydrogen) atoms. The van der Waals surface area contributed by atoms with Crippen molar-refractivity contribution >= 4 is 34.1 Å². The van der Waals surface area contributed by atoms with Gasteiger partial charge in [-0.25, -0.2) is 0 Å². The lowest BCUT2D eigenvalue weighted by molar-refractivity contribution is 1.28. The van der Waals surface area contributed by atoms with Gasteiger partial charge < -0.3 is 9.80 Å². The Hall–Kier alpha value is -7.42. The molecule has 0 saturated heterocycles. The van der Waals surface area contributed by atoms with Crippen molar-refractivity contribution in [3.05, 3.63) is 231 Å². The van der Waals surface area contributed by atoms with E-state index in [4.69, 9.17) is 0 Å². The molecule has 9 aromatic rings. The minimum Gasteiger partial charge on any atom is -0.311 e. The molecule has 0 fully saturated rings. The fraction of sp³-hybridized carbons (Fsp3) is 0. The van der Waals surface area contributed by atoms with Gasteiger partial charge in [0.25, 0.3) is 0 Å². The normalized spacial score (nSPS) is 11.5. The van der Waals surface area contributed by atoms with Crippen LogP contribution in [0.3, 0.4) is 0 Å². The van der Waals surface area contributed by atoms with E-state index in [0.717, 1.165) is 34.0 Å². The van der Waals surface area contributed by atoms with Crippen molar-refractivity contribution in [1.29, 1.82) is 0 Å². The van der Waals surface area contributed by atoms with Crippen LogP contribution in [0, 0.1) is 0 Å². The number of nitrogens with zero attached hydrogens (tertiary/aromatic N) is 2. The maximum atomic E-state index is 2.42. The number of para-hydroxylation sites is 2. The summed E-state index contributed by atoms with van der Waals surface area (Å²) in [5.74, 6) is 0. The van der Waals surface area contributed by atoms with Crippen molar-refractivity contribution in [1.82, 2.24) is 0 Å². The third-order valence-corrected chi connectivity index (χ3v) is 10.8. The molecule has 0 amide bonds. The Balaban J connectivity index is 1.06. The van der Waals surface area contributed by atoms with Gasteiger partial charge in [0.2, 0.25) is 0 Å². The number of anilines is 6. The van der Waals surface area contributed by atoms with Crippen molar-refractivity contribution in [2.45, 2.75) is 0 Å². The highest BCUT2D eigenvalue weighted by Crippen LogP contribution is 2.51. The molecule has 1 aliphatic heterocycles. The Morgan fingerprint density at radius 3 is 1.11 bits per heavy atom. The maximum absolute atomic E-state index is 2.42. The van der Waals surface area contributed by atoms with Crippen LogP contribution in [-0.4, -0.2) is 0 Å². The first-order chi connectivity index (χ1) is 27.8. The van der Waals surface area contributed by atoms with Crippen LogP contribution in [-0.2, 0) is 0 Å². The summed E-state index contributed by atoms with van der Waals surface area (Å²) in [4.78, 5) is 4.76. The van der Waals surface area contributed by atoms with Crippen LogP contribution in [0.1, 0.15) is 0 Å². The fourth-order valence-corrected chi connectivity index (χ4v) is 8.08. The molecule has 0 aromatic heterocycles. The van der Waals surface area contributed by atoms with E-state index in [1.807, 2.05) is 0 Å². The van der Waals surface area contributed by atoms with Crippen molar-refractivity contribution in [2.75, 3.05) is 9.80 Å². The molecule has 2 nitrogen and oxygen atoms in total. The first-order valence-electron chi connectivity index (χ1n) is 19.2. The summed E-state index contributed by atoms with van der Waals surface area (Å²) in [5, 5.41) is 0. The van der Waals surface area contributed by atoms with Gasteiger partial charge in [0, 0.05) is 33.9 Å². The second-order valence-electron chi connectivity index (χ2n) is 14.2. The molecule has 0 spiro atoms. The Morgan fingerprint density at radius 1 is 0.250 bits per heavy atom. The predicted octanol–water partition coefficient (Wildman–Crippen LogP) is 15.3. The van der Waals surface area contributed by atoms with E-state index in [1.54, 1.807) is 0 Å². The molecule has 0 bridgehead atoms. The van der Waals surface area contributed by atoms with Crippen LogP contribution >= 0.6 is 0 Å². The van der Waals surface area contributed by atoms with Crippen LogP contribution in [0.15, 0.2) is 231 Å². The Kier molecular flexibility index (Phi) is 8.55. The highest BCUT2D eigenvalue weighted by molar-refractivity contribution is 6.03. The zero-order chi connectivity index (χ0) is 37.3. The van der Waals surface area contributed by atoms with Gasteiger partial charge in [0.1, 0.15) is 0 Å². The van der Waals surface area contributed by atoms with Gasteiger partial charge in [-0.15, -0.1) is 0 Å². The van der Waals surface area contributed by atoms with Crippen LogP contribution in [0.2, 0.25) is 0 Å². The molecule has 0 atom stereocenters. The van der Waals surface area contributed by atoms with Crippen LogP contribution in [0.25, 0.3) is 55.6 Å². The van der Waals surface area contributed by atoms with Crippen LogP contribution in [0.4, 0.5) is 34.1 Å². The SMILES string of the molecule is c1ccc(-c2ccc(N(c3ccc(-c4ccccc4)cc3)c3ccc(-c4ccc5c(c4)N(c4ccccc4)c4ccccc4-c4ccccc4-5)cc3)cc2)cc1. The molecule has 0 saturated carbocycles. The second-order valence-corrected chi connectivity index (χ2v) is 14.2. The van der Waals surface area contributed by atoms with Gasteiger partial charge in [-0.3, -0.25) is 0 Å². The van der Waals surface area contributed by atoms with E-state index < -0.39 is 0 Å². The largest absolute Gasteiger partial charge is 0.311 e. The fourth-order valence-electron chi connectivity index (χ4n) is 8.08. The van der Waals surface area contributed by atoms with Crippen molar-refractivity contribution in [2.24, 2.45) is 0 Å². The molecular weight excluding hydrogens is 677 g/mol.